The Kier molecular flexibility index (Phi) is 4.40. The van der Waals surface area contributed by atoms with Gasteiger partial charge in [0.05, 0.1) is 5.69 Å². The van der Waals surface area contributed by atoms with Crippen LogP contribution in [-0.2, 0) is 6.42 Å². The van der Waals surface area contributed by atoms with Gasteiger partial charge in [0.25, 0.3) is 5.91 Å². The Morgan fingerprint density at radius 2 is 2.18 bits per heavy atom. The molecule has 0 unspecified atom stereocenters. The first-order chi connectivity index (χ1) is 10.6. The Hall–Kier alpha value is -1.92. The van der Waals surface area contributed by atoms with Crippen LogP contribution in [0.1, 0.15) is 26.7 Å². The molecule has 0 spiro atoms. The van der Waals surface area contributed by atoms with Gasteiger partial charge in [0.15, 0.2) is 0 Å². The predicted molar refractivity (Wildman–Crippen MR) is 89.6 cm³/mol. The summed E-state index contributed by atoms with van der Waals surface area (Å²) in [7, 11) is 0. The molecule has 0 aromatic carbocycles. The summed E-state index contributed by atoms with van der Waals surface area (Å²) in [5, 5.41) is 11.0. The van der Waals surface area contributed by atoms with Crippen LogP contribution in [-0.4, -0.2) is 17.6 Å². The zero-order valence-electron chi connectivity index (χ0n) is 12.4. The van der Waals surface area contributed by atoms with Crippen molar-refractivity contribution in [3.8, 4) is 10.4 Å². The average Bonchev–Trinajstić information content (AvgIpc) is 3.20. The second-order valence-electron chi connectivity index (χ2n) is 4.98. The van der Waals surface area contributed by atoms with E-state index in [1.807, 2.05) is 0 Å². The number of aryl methyl sites for hydroxylation is 2. The molecule has 3 heterocycles. The van der Waals surface area contributed by atoms with Gasteiger partial charge in [-0.15, -0.1) is 11.3 Å². The highest BCUT2D eigenvalue weighted by Crippen LogP contribution is 2.29. The van der Waals surface area contributed by atoms with Crippen LogP contribution >= 0.6 is 22.7 Å². The fourth-order valence-corrected chi connectivity index (χ4v) is 4.00. The van der Waals surface area contributed by atoms with Crippen LogP contribution in [0.4, 0.5) is 0 Å². The molecule has 0 aliphatic rings. The number of thiophene rings is 2. The zero-order chi connectivity index (χ0) is 15.5. The van der Waals surface area contributed by atoms with Gasteiger partial charge in [-0.05, 0) is 49.2 Å². The maximum Gasteiger partial charge on any atom is 0.256 e. The number of carbonyl (C=O) groups excluding carboxylic acids is 1. The molecule has 6 heteroatoms. The molecule has 22 heavy (non-hydrogen) atoms. The Balaban J connectivity index is 1.56. The van der Waals surface area contributed by atoms with E-state index in [9.17, 15) is 4.79 Å². The first kappa shape index (κ1) is 15.0. The van der Waals surface area contributed by atoms with Crippen LogP contribution in [0.2, 0.25) is 0 Å². The summed E-state index contributed by atoms with van der Waals surface area (Å²) in [5.74, 6) is 0.441. The molecule has 0 fully saturated rings. The lowest BCUT2D eigenvalue weighted by Crippen LogP contribution is -2.26. The van der Waals surface area contributed by atoms with E-state index in [2.05, 4.69) is 39.4 Å². The van der Waals surface area contributed by atoms with Gasteiger partial charge < -0.3 is 9.84 Å². The molecule has 0 radical (unpaired) electrons. The SMILES string of the molecule is Cc1noc(C)c1C(=O)NCCc1ccc(-c2ccsc2)s1. The molecule has 1 N–H and O–H groups in total. The number of amides is 1. The highest BCUT2D eigenvalue weighted by molar-refractivity contribution is 7.16. The van der Waals surface area contributed by atoms with Gasteiger partial charge in [0, 0.05) is 21.9 Å². The molecule has 0 saturated heterocycles. The normalized spacial score (nSPS) is 10.8. The van der Waals surface area contributed by atoms with Crippen LogP contribution in [0.25, 0.3) is 10.4 Å². The van der Waals surface area contributed by atoms with Gasteiger partial charge in [0.1, 0.15) is 11.3 Å². The topological polar surface area (TPSA) is 55.1 Å². The van der Waals surface area contributed by atoms with Crippen molar-refractivity contribution in [3.63, 3.8) is 0 Å². The maximum atomic E-state index is 12.1. The quantitative estimate of drug-likeness (QED) is 0.767. The van der Waals surface area contributed by atoms with Crippen molar-refractivity contribution in [3.05, 3.63) is 50.9 Å². The number of aromatic nitrogens is 1. The van der Waals surface area contributed by atoms with Gasteiger partial charge in [-0.2, -0.15) is 11.3 Å². The molecule has 0 atom stereocenters. The minimum atomic E-state index is -0.120. The number of hydrogen-bond acceptors (Lipinski definition) is 5. The molecule has 1 amide bonds. The molecule has 3 aromatic rings. The van der Waals surface area contributed by atoms with E-state index >= 15 is 0 Å². The van der Waals surface area contributed by atoms with Gasteiger partial charge in [0.2, 0.25) is 0 Å². The lowest BCUT2D eigenvalue weighted by molar-refractivity contribution is 0.0952. The molecule has 114 valence electrons. The first-order valence-corrected chi connectivity index (χ1v) is 8.73. The Labute approximate surface area is 136 Å². The average molecular weight is 332 g/mol. The van der Waals surface area contributed by atoms with E-state index in [0.717, 1.165) is 6.42 Å². The van der Waals surface area contributed by atoms with Crippen molar-refractivity contribution in [2.24, 2.45) is 0 Å². The third-order valence-electron chi connectivity index (χ3n) is 3.38. The van der Waals surface area contributed by atoms with E-state index in [1.165, 1.54) is 15.3 Å². The van der Waals surface area contributed by atoms with Crippen molar-refractivity contribution in [2.45, 2.75) is 20.3 Å². The fourth-order valence-electron chi connectivity index (χ4n) is 2.27. The number of nitrogens with one attached hydrogen (secondary N) is 1. The van der Waals surface area contributed by atoms with E-state index in [-0.39, 0.29) is 5.91 Å². The molecule has 0 bridgehead atoms. The first-order valence-electron chi connectivity index (χ1n) is 6.97. The molecule has 3 aromatic heterocycles. The molecule has 0 aliphatic carbocycles. The van der Waals surface area contributed by atoms with Crippen LogP contribution in [0, 0.1) is 13.8 Å². The second-order valence-corrected chi connectivity index (χ2v) is 6.93. The Morgan fingerprint density at radius 1 is 1.32 bits per heavy atom. The summed E-state index contributed by atoms with van der Waals surface area (Å²) in [4.78, 5) is 14.7. The summed E-state index contributed by atoms with van der Waals surface area (Å²) in [6.07, 6.45) is 0.823. The predicted octanol–water partition coefficient (Wildman–Crippen LogP) is 4.05. The van der Waals surface area contributed by atoms with E-state index in [0.29, 0.717) is 23.6 Å². The summed E-state index contributed by atoms with van der Waals surface area (Å²) in [5.41, 5.74) is 2.44. The molecule has 4 nitrogen and oxygen atoms in total. The van der Waals surface area contributed by atoms with E-state index < -0.39 is 0 Å². The monoisotopic (exact) mass is 332 g/mol. The molecule has 0 saturated carbocycles. The molecule has 3 rings (SSSR count). The zero-order valence-corrected chi connectivity index (χ0v) is 14.0. The molecular weight excluding hydrogens is 316 g/mol. The third-order valence-corrected chi connectivity index (χ3v) is 5.26. The number of hydrogen-bond donors (Lipinski definition) is 1. The fraction of sp³-hybridized carbons (Fsp3) is 0.250. The van der Waals surface area contributed by atoms with Crippen molar-refractivity contribution >= 4 is 28.6 Å². The third kappa shape index (κ3) is 3.13. The van der Waals surface area contributed by atoms with Gasteiger partial charge in [-0.3, -0.25) is 4.79 Å². The van der Waals surface area contributed by atoms with Crippen molar-refractivity contribution in [2.75, 3.05) is 6.54 Å². The summed E-state index contributed by atoms with van der Waals surface area (Å²) < 4.78 is 5.02. The van der Waals surface area contributed by atoms with Crippen LogP contribution in [0.5, 0.6) is 0 Å². The van der Waals surface area contributed by atoms with Gasteiger partial charge >= 0.3 is 0 Å². The smallest absolute Gasteiger partial charge is 0.256 e. The maximum absolute atomic E-state index is 12.1. The number of carbonyl (C=O) groups is 1. The lowest BCUT2D eigenvalue weighted by atomic mass is 10.2. The van der Waals surface area contributed by atoms with Crippen molar-refractivity contribution in [1.82, 2.24) is 10.5 Å². The summed E-state index contributed by atoms with van der Waals surface area (Å²) in [6.45, 7) is 4.13. The van der Waals surface area contributed by atoms with Crippen LogP contribution in [0.15, 0.2) is 33.5 Å². The van der Waals surface area contributed by atoms with Gasteiger partial charge in [-0.25, -0.2) is 0 Å². The largest absolute Gasteiger partial charge is 0.361 e. The number of nitrogens with zero attached hydrogens (tertiary/aromatic N) is 1. The standard InChI is InChI=1S/C16H16N2O2S2/c1-10-15(11(2)20-18-10)16(19)17-7-5-13-3-4-14(22-13)12-6-8-21-9-12/h3-4,6,8-9H,5,7H2,1-2H3,(H,17,19). The lowest BCUT2D eigenvalue weighted by Gasteiger charge is -2.03. The minimum Gasteiger partial charge on any atom is -0.361 e. The molecule has 0 aliphatic heterocycles. The number of rotatable bonds is 5. The van der Waals surface area contributed by atoms with Crippen molar-refractivity contribution in [1.29, 1.82) is 0 Å². The van der Waals surface area contributed by atoms with Crippen LogP contribution < -0.4 is 5.32 Å². The second kappa shape index (κ2) is 6.46. The van der Waals surface area contributed by atoms with Gasteiger partial charge in [-0.1, -0.05) is 5.16 Å². The summed E-state index contributed by atoms with van der Waals surface area (Å²) >= 11 is 3.47. The highest BCUT2D eigenvalue weighted by atomic mass is 32.1. The molecular formula is C16H16N2O2S2. The Morgan fingerprint density at radius 3 is 2.86 bits per heavy atom. The Bertz CT molecular complexity index is 753. The summed E-state index contributed by atoms with van der Waals surface area (Å²) in [6, 6.07) is 6.39. The van der Waals surface area contributed by atoms with E-state index in [4.69, 9.17) is 4.52 Å². The highest BCUT2D eigenvalue weighted by Gasteiger charge is 2.16. The minimum absolute atomic E-state index is 0.120. The van der Waals surface area contributed by atoms with E-state index in [1.54, 1.807) is 36.5 Å². The van der Waals surface area contributed by atoms with Crippen molar-refractivity contribution < 1.29 is 9.32 Å². The van der Waals surface area contributed by atoms with Crippen LogP contribution in [0.3, 0.4) is 0 Å².